The topological polar surface area (TPSA) is 38.8 Å². The van der Waals surface area contributed by atoms with Crippen molar-refractivity contribution in [3.8, 4) is 11.5 Å². The number of anilines is 1. The first kappa shape index (κ1) is 25.6. The molecule has 5 aromatic rings. The minimum atomic E-state index is -0.146. The third kappa shape index (κ3) is 4.93. The monoisotopic (exact) mass is 611 g/mol. The second-order valence-electron chi connectivity index (χ2n) is 8.98. The third-order valence-corrected chi connectivity index (χ3v) is 8.49. The van der Waals surface area contributed by atoms with Crippen molar-refractivity contribution in [2.45, 2.75) is 6.61 Å². The Morgan fingerprint density at radius 2 is 1.56 bits per heavy atom. The number of ether oxygens (including phenoxy) is 2. The average molecular weight is 613 g/mol. The van der Waals surface area contributed by atoms with Gasteiger partial charge in [0.25, 0.3) is 5.91 Å². The molecule has 5 aromatic carbocycles. The van der Waals surface area contributed by atoms with Crippen molar-refractivity contribution in [2.24, 2.45) is 0 Å². The maximum atomic E-state index is 13.5. The van der Waals surface area contributed by atoms with Gasteiger partial charge in [-0.1, -0.05) is 103 Å². The van der Waals surface area contributed by atoms with Crippen LogP contribution in [-0.2, 0) is 11.4 Å². The van der Waals surface area contributed by atoms with Crippen molar-refractivity contribution in [2.75, 3.05) is 12.0 Å². The SMILES string of the molecule is COc1cc(/C=C2/SC(=S)N(c3cccc4ccccc34)C2=O)cc(Br)c1OCc1cccc2ccccc12. The zero-order valence-electron chi connectivity index (χ0n) is 20.9. The van der Waals surface area contributed by atoms with Crippen LogP contribution in [0, 0.1) is 0 Å². The number of halogens is 1. The molecular weight excluding hydrogens is 590 g/mol. The number of benzene rings is 5. The summed E-state index contributed by atoms with van der Waals surface area (Å²) in [6.45, 7) is 0.388. The molecule has 0 N–H and O–H groups in total. The fourth-order valence-electron chi connectivity index (χ4n) is 4.76. The lowest BCUT2D eigenvalue weighted by atomic mass is 10.1. The average Bonchev–Trinajstić information content (AvgIpc) is 3.23. The number of rotatable bonds is 6. The Morgan fingerprint density at radius 1 is 0.897 bits per heavy atom. The molecule has 1 heterocycles. The van der Waals surface area contributed by atoms with E-state index in [1.165, 1.54) is 17.1 Å². The highest BCUT2D eigenvalue weighted by Gasteiger charge is 2.34. The fraction of sp³-hybridized carbons (Fsp3) is 0.0625. The van der Waals surface area contributed by atoms with Gasteiger partial charge in [-0.15, -0.1) is 0 Å². The Morgan fingerprint density at radius 3 is 2.33 bits per heavy atom. The number of thioether (sulfide) groups is 1. The maximum absolute atomic E-state index is 13.5. The minimum absolute atomic E-state index is 0.146. The number of hydrogen-bond donors (Lipinski definition) is 0. The van der Waals surface area contributed by atoms with Gasteiger partial charge in [0.05, 0.1) is 22.2 Å². The first-order valence-corrected chi connectivity index (χ1v) is 14.3. The van der Waals surface area contributed by atoms with Crippen LogP contribution in [0.2, 0.25) is 0 Å². The van der Waals surface area contributed by atoms with Crippen LogP contribution in [0.25, 0.3) is 27.6 Å². The van der Waals surface area contributed by atoms with Gasteiger partial charge < -0.3 is 9.47 Å². The Labute approximate surface area is 244 Å². The lowest BCUT2D eigenvalue weighted by Crippen LogP contribution is -2.27. The molecule has 1 aliphatic heterocycles. The Bertz CT molecular complexity index is 1790. The van der Waals surface area contributed by atoms with Gasteiger partial charge in [-0.25, -0.2) is 0 Å². The van der Waals surface area contributed by atoms with Crippen LogP contribution in [0.4, 0.5) is 5.69 Å². The highest BCUT2D eigenvalue weighted by Crippen LogP contribution is 2.41. The molecule has 6 rings (SSSR count). The summed E-state index contributed by atoms with van der Waals surface area (Å²) in [4.78, 5) is 15.7. The Kier molecular flexibility index (Phi) is 7.12. The van der Waals surface area contributed by atoms with Crippen LogP contribution in [0.3, 0.4) is 0 Å². The molecule has 4 nitrogen and oxygen atoms in total. The van der Waals surface area contributed by atoms with E-state index in [9.17, 15) is 4.79 Å². The molecule has 0 bridgehead atoms. The molecule has 7 heteroatoms. The molecule has 39 heavy (non-hydrogen) atoms. The number of methoxy groups -OCH3 is 1. The Hall–Kier alpha value is -3.65. The van der Waals surface area contributed by atoms with Crippen molar-refractivity contribution < 1.29 is 14.3 Å². The molecule has 0 aliphatic carbocycles. The standard InChI is InChI=1S/C32H22BrNO3S2/c1-36-28-17-20(16-26(33)30(28)37-19-23-12-6-10-21-8-2-4-13-24(21)23)18-29-31(35)34(32(38)39-29)27-15-7-11-22-9-3-5-14-25(22)27/h2-18H,19H2,1H3/b29-18+. The fourth-order valence-corrected chi connectivity index (χ4v) is 6.62. The van der Waals surface area contributed by atoms with Crippen molar-refractivity contribution >= 4 is 83.4 Å². The minimum Gasteiger partial charge on any atom is -0.493 e. The van der Waals surface area contributed by atoms with Crippen LogP contribution in [0.5, 0.6) is 11.5 Å². The van der Waals surface area contributed by atoms with E-state index in [1.54, 1.807) is 12.0 Å². The van der Waals surface area contributed by atoms with Gasteiger partial charge in [-0.3, -0.25) is 9.69 Å². The molecule has 0 spiro atoms. The number of nitrogens with zero attached hydrogens (tertiary/aromatic N) is 1. The molecule has 1 saturated heterocycles. The second-order valence-corrected chi connectivity index (χ2v) is 11.5. The van der Waals surface area contributed by atoms with Crippen LogP contribution in [0.15, 0.2) is 106 Å². The van der Waals surface area contributed by atoms with E-state index in [4.69, 9.17) is 21.7 Å². The molecule has 0 unspecified atom stereocenters. The van der Waals surface area contributed by atoms with Crippen LogP contribution in [-0.4, -0.2) is 17.3 Å². The molecule has 0 radical (unpaired) electrons. The van der Waals surface area contributed by atoms with E-state index in [0.29, 0.717) is 27.3 Å². The maximum Gasteiger partial charge on any atom is 0.270 e. The van der Waals surface area contributed by atoms with Gasteiger partial charge in [0.15, 0.2) is 15.8 Å². The summed E-state index contributed by atoms with van der Waals surface area (Å²) in [5.74, 6) is 1.03. The summed E-state index contributed by atoms with van der Waals surface area (Å²) in [5, 5.41) is 4.36. The summed E-state index contributed by atoms with van der Waals surface area (Å²) >= 11 is 10.6. The number of hydrogen-bond acceptors (Lipinski definition) is 5. The molecule has 0 atom stereocenters. The van der Waals surface area contributed by atoms with Gasteiger partial charge in [0.2, 0.25) is 0 Å². The molecule has 1 amide bonds. The van der Waals surface area contributed by atoms with Crippen molar-refractivity contribution in [3.05, 3.63) is 118 Å². The molecule has 192 valence electrons. The van der Waals surface area contributed by atoms with Gasteiger partial charge in [0, 0.05) is 5.39 Å². The van der Waals surface area contributed by atoms with E-state index < -0.39 is 0 Å². The number of amides is 1. The van der Waals surface area contributed by atoms with E-state index in [0.717, 1.165) is 37.4 Å². The molecule has 1 fully saturated rings. The number of carbonyl (C=O) groups is 1. The molecule has 0 aromatic heterocycles. The van der Waals surface area contributed by atoms with Crippen molar-refractivity contribution in [1.29, 1.82) is 0 Å². The quantitative estimate of drug-likeness (QED) is 0.142. The summed E-state index contributed by atoms with van der Waals surface area (Å²) in [6.07, 6.45) is 1.84. The first-order valence-electron chi connectivity index (χ1n) is 12.3. The van der Waals surface area contributed by atoms with Gasteiger partial charge in [-0.2, -0.15) is 0 Å². The van der Waals surface area contributed by atoms with Gasteiger partial charge in [0.1, 0.15) is 6.61 Å². The normalized spacial score (nSPS) is 14.5. The lowest BCUT2D eigenvalue weighted by molar-refractivity contribution is -0.113. The molecule has 1 aliphatic rings. The van der Waals surface area contributed by atoms with Crippen molar-refractivity contribution in [1.82, 2.24) is 0 Å². The summed E-state index contributed by atoms with van der Waals surface area (Å²) in [6, 6.07) is 32.1. The van der Waals surface area contributed by atoms with Gasteiger partial charge in [-0.05, 0) is 67.5 Å². The largest absolute Gasteiger partial charge is 0.493 e. The zero-order valence-corrected chi connectivity index (χ0v) is 24.1. The van der Waals surface area contributed by atoms with Crippen LogP contribution >= 0.6 is 39.9 Å². The number of carbonyl (C=O) groups excluding carboxylic acids is 1. The summed E-state index contributed by atoms with van der Waals surface area (Å²) in [5.41, 5.74) is 2.67. The predicted octanol–water partition coefficient (Wildman–Crippen LogP) is 8.75. The highest BCUT2D eigenvalue weighted by atomic mass is 79.9. The molecule has 0 saturated carbocycles. The molecular formula is C32H22BrNO3S2. The zero-order chi connectivity index (χ0) is 26.9. The van der Waals surface area contributed by atoms with Crippen LogP contribution in [0.1, 0.15) is 11.1 Å². The van der Waals surface area contributed by atoms with E-state index in [2.05, 4.69) is 40.2 Å². The number of fused-ring (bicyclic) bond motifs is 2. The van der Waals surface area contributed by atoms with Crippen LogP contribution < -0.4 is 14.4 Å². The first-order chi connectivity index (χ1) is 19.0. The van der Waals surface area contributed by atoms with E-state index in [1.807, 2.05) is 78.9 Å². The second kappa shape index (κ2) is 10.8. The number of thiocarbonyl (C=S) groups is 1. The predicted molar refractivity (Wildman–Crippen MR) is 169 cm³/mol. The third-order valence-electron chi connectivity index (χ3n) is 6.60. The highest BCUT2D eigenvalue weighted by molar-refractivity contribution is 9.10. The smallest absolute Gasteiger partial charge is 0.270 e. The van der Waals surface area contributed by atoms with E-state index in [-0.39, 0.29) is 5.91 Å². The lowest BCUT2D eigenvalue weighted by Gasteiger charge is -2.17. The van der Waals surface area contributed by atoms with Gasteiger partial charge >= 0.3 is 0 Å². The van der Waals surface area contributed by atoms with E-state index >= 15 is 0 Å². The summed E-state index contributed by atoms with van der Waals surface area (Å²) in [7, 11) is 1.61. The van der Waals surface area contributed by atoms with Crippen molar-refractivity contribution in [3.63, 3.8) is 0 Å². The summed E-state index contributed by atoms with van der Waals surface area (Å²) < 4.78 is 13.2. The Balaban J connectivity index is 1.28.